The van der Waals surface area contributed by atoms with Crippen molar-refractivity contribution in [3.63, 3.8) is 0 Å². The van der Waals surface area contributed by atoms with Gasteiger partial charge in [0, 0.05) is 19.5 Å². The van der Waals surface area contributed by atoms with E-state index in [1.54, 1.807) is 34.0 Å². The first-order valence-electron chi connectivity index (χ1n) is 9.19. The Kier molecular flexibility index (Phi) is 5.25. The van der Waals surface area contributed by atoms with E-state index in [0.717, 1.165) is 29.8 Å². The van der Waals surface area contributed by atoms with Crippen molar-refractivity contribution in [2.24, 2.45) is 0 Å². The lowest BCUT2D eigenvalue weighted by molar-refractivity contribution is -0.133. The minimum absolute atomic E-state index is 0.243. The van der Waals surface area contributed by atoms with Crippen molar-refractivity contribution in [3.8, 4) is 5.69 Å². The molecule has 144 valence electrons. The number of para-hydroxylation sites is 1. The predicted molar refractivity (Wildman–Crippen MR) is 107 cm³/mol. The molecule has 1 aliphatic carbocycles. The minimum Gasteiger partial charge on any atom is -0.451 e. The Bertz CT molecular complexity index is 962. The number of aromatic nitrogens is 2. The number of hydrogen-bond donors (Lipinski definition) is 0. The summed E-state index contributed by atoms with van der Waals surface area (Å²) in [6.07, 6.45) is 2.18. The number of benzene rings is 1. The van der Waals surface area contributed by atoms with Crippen LogP contribution < -0.4 is 0 Å². The first kappa shape index (κ1) is 18.4. The third kappa shape index (κ3) is 4.14. The summed E-state index contributed by atoms with van der Waals surface area (Å²) >= 11 is 1.58. The molecule has 1 fully saturated rings. The standard InChI is InChI=1S/C21H21N3O3S/c1-23(12-15-9-10-28-14-15)20(25)13-27-21(26)19-11-18(16-7-8-16)22-24(19)17-5-3-2-4-6-17/h2-6,9-11,14,16H,7-8,12-13H2,1H3. The van der Waals surface area contributed by atoms with E-state index in [0.29, 0.717) is 18.2 Å². The summed E-state index contributed by atoms with van der Waals surface area (Å²) in [5.74, 6) is -0.372. The third-order valence-electron chi connectivity index (χ3n) is 4.69. The van der Waals surface area contributed by atoms with Crippen molar-refractivity contribution in [3.05, 3.63) is 70.2 Å². The molecule has 1 saturated carbocycles. The predicted octanol–water partition coefficient (Wildman–Crippen LogP) is 3.63. The number of hydrogen-bond acceptors (Lipinski definition) is 5. The second-order valence-corrected chi connectivity index (χ2v) is 7.71. The van der Waals surface area contributed by atoms with Crippen LogP contribution in [0, 0.1) is 0 Å². The molecule has 0 atom stereocenters. The number of thiophene rings is 1. The largest absolute Gasteiger partial charge is 0.451 e. The summed E-state index contributed by atoms with van der Waals surface area (Å²) in [7, 11) is 1.70. The average molecular weight is 395 g/mol. The highest BCUT2D eigenvalue weighted by Gasteiger charge is 2.29. The van der Waals surface area contributed by atoms with Crippen LogP contribution >= 0.6 is 11.3 Å². The van der Waals surface area contributed by atoms with Crippen molar-refractivity contribution in [1.82, 2.24) is 14.7 Å². The molecule has 1 aromatic carbocycles. The quantitative estimate of drug-likeness (QED) is 0.573. The Morgan fingerprint density at radius 2 is 2.04 bits per heavy atom. The van der Waals surface area contributed by atoms with Crippen molar-refractivity contribution in [2.75, 3.05) is 13.7 Å². The fourth-order valence-electron chi connectivity index (χ4n) is 2.95. The molecule has 1 aliphatic rings. The maximum absolute atomic E-state index is 12.7. The van der Waals surface area contributed by atoms with E-state index in [2.05, 4.69) is 5.10 Å². The van der Waals surface area contributed by atoms with Crippen LogP contribution in [0.2, 0.25) is 0 Å². The van der Waals surface area contributed by atoms with E-state index in [4.69, 9.17) is 4.74 Å². The molecule has 4 rings (SSSR count). The van der Waals surface area contributed by atoms with Crippen molar-refractivity contribution in [1.29, 1.82) is 0 Å². The molecule has 28 heavy (non-hydrogen) atoms. The zero-order chi connectivity index (χ0) is 19.5. The van der Waals surface area contributed by atoms with Crippen LogP contribution in [0.15, 0.2) is 53.2 Å². The first-order chi connectivity index (χ1) is 13.6. The van der Waals surface area contributed by atoms with E-state index >= 15 is 0 Å². The fraction of sp³-hybridized carbons (Fsp3) is 0.286. The second-order valence-electron chi connectivity index (χ2n) is 6.93. The van der Waals surface area contributed by atoms with Crippen molar-refractivity contribution < 1.29 is 14.3 Å². The third-order valence-corrected chi connectivity index (χ3v) is 5.42. The molecule has 0 saturated heterocycles. The van der Waals surface area contributed by atoms with Crippen LogP contribution in [0.25, 0.3) is 5.69 Å². The molecule has 7 heteroatoms. The highest BCUT2D eigenvalue weighted by atomic mass is 32.1. The summed E-state index contributed by atoms with van der Waals surface area (Å²) in [6, 6.07) is 13.2. The van der Waals surface area contributed by atoms with Gasteiger partial charge in [-0.05, 0) is 53.4 Å². The molecule has 1 amide bonds. The number of carbonyl (C=O) groups excluding carboxylic acids is 2. The van der Waals surface area contributed by atoms with Gasteiger partial charge in [-0.15, -0.1) is 0 Å². The normalized spacial score (nSPS) is 13.3. The second kappa shape index (κ2) is 7.98. The van der Waals surface area contributed by atoms with Gasteiger partial charge in [-0.1, -0.05) is 18.2 Å². The molecule has 0 aliphatic heterocycles. The number of rotatable bonds is 7. The number of carbonyl (C=O) groups is 2. The van der Waals surface area contributed by atoms with E-state index < -0.39 is 5.97 Å². The molecule has 2 aromatic heterocycles. The van der Waals surface area contributed by atoms with Crippen molar-refractivity contribution >= 4 is 23.2 Å². The molecule has 0 unspecified atom stereocenters. The molecule has 0 spiro atoms. The summed E-state index contributed by atoms with van der Waals surface area (Å²) in [6.45, 7) is 0.200. The summed E-state index contributed by atoms with van der Waals surface area (Å²) in [4.78, 5) is 26.6. The smallest absolute Gasteiger partial charge is 0.357 e. The Morgan fingerprint density at radius 1 is 1.25 bits per heavy atom. The van der Waals surface area contributed by atoms with Crippen LogP contribution in [-0.4, -0.2) is 40.2 Å². The molecular formula is C21H21N3O3S. The van der Waals surface area contributed by atoms with Crippen molar-refractivity contribution in [2.45, 2.75) is 25.3 Å². The van der Waals surface area contributed by atoms with Gasteiger partial charge in [0.2, 0.25) is 0 Å². The lowest BCUT2D eigenvalue weighted by Crippen LogP contribution is -2.31. The van der Waals surface area contributed by atoms with Crippen LogP contribution in [0.1, 0.15) is 40.5 Å². The summed E-state index contributed by atoms with van der Waals surface area (Å²) in [5, 5.41) is 8.56. The first-order valence-corrected chi connectivity index (χ1v) is 10.1. The molecule has 0 N–H and O–H groups in total. The van der Waals surface area contributed by atoms with Gasteiger partial charge in [-0.25, -0.2) is 9.48 Å². The number of amides is 1. The highest BCUT2D eigenvalue weighted by Crippen LogP contribution is 2.39. The summed E-state index contributed by atoms with van der Waals surface area (Å²) in [5.41, 5.74) is 3.10. The molecule has 3 aromatic rings. The number of ether oxygens (including phenoxy) is 1. The zero-order valence-electron chi connectivity index (χ0n) is 15.6. The lowest BCUT2D eigenvalue weighted by Gasteiger charge is -2.16. The summed E-state index contributed by atoms with van der Waals surface area (Å²) < 4.78 is 6.92. The Morgan fingerprint density at radius 3 is 2.71 bits per heavy atom. The Labute approximate surface area is 167 Å². The molecular weight excluding hydrogens is 374 g/mol. The van der Waals surface area contributed by atoms with E-state index in [1.807, 2.05) is 47.2 Å². The lowest BCUT2D eigenvalue weighted by atomic mass is 10.2. The zero-order valence-corrected chi connectivity index (χ0v) is 16.4. The van der Waals surface area contributed by atoms with Gasteiger partial charge >= 0.3 is 5.97 Å². The van der Waals surface area contributed by atoms with Crippen LogP contribution in [0.5, 0.6) is 0 Å². The van der Waals surface area contributed by atoms with Gasteiger partial charge in [0.1, 0.15) is 0 Å². The van der Waals surface area contributed by atoms with E-state index in [9.17, 15) is 9.59 Å². The molecule has 6 nitrogen and oxygen atoms in total. The SMILES string of the molecule is CN(Cc1ccsc1)C(=O)COC(=O)c1cc(C2CC2)nn1-c1ccccc1. The maximum atomic E-state index is 12.7. The Balaban J connectivity index is 1.45. The van der Waals surface area contributed by atoms with Gasteiger partial charge in [0.15, 0.2) is 12.3 Å². The Hall–Kier alpha value is -2.93. The number of likely N-dealkylation sites (N-methyl/N-ethyl adjacent to an activating group) is 1. The minimum atomic E-state index is -0.541. The highest BCUT2D eigenvalue weighted by molar-refractivity contribution is 7.07. The van der Waals surface area contributed by atoms with Crippen LogP contribution in [-0.2, 0) is 16.1 Å². The monoisotopic (exact) mass is 395 g/mol. The van der Waals surface area contributed by atoms with Gasteiger partial charge in [-0.3, -0.25) is 4.79 Å². The van der Waals surface area contributed by atoms with Gasteiger partial charge < -0.3 is 9.64 Å². The molecule has 2 heterocycles. The number of nitrogens with zero attached hydrogens (tertiary/aromatic N) is 3. The molecule has 0 radical (unpaired) electrons. The maximum Gasteiger partial charge on any atom is 0.357 e. The molecule has 0 bridgehead atoms. The topological polar surface area (TPSA) is 64.4 Å². The van der Waals surface area contributed by atoms with Gasteiger partial charge in [0.05, 0.1) is 11.4 Å². The van der Waals surface area contributed by atoms with Crippen LogP contribution in [0.3, 0.4) is 0 Å². The fourth-order valence-corrected chi connectivity index (χ4v) is 3.61. The van der Waals surface area contributed by atoms with E-state index in [-0.39, 0.29) is 12.5 Å². The average Bonchev–Trinajstić information content (AvgIpc) is 3.25. The van der Waals surface area contributed by atoms with E-state index in [1.165, 1.54) is 0 Å². The van der Waals surface area contributed by atoms with Gasteiger partial charge in [-0.2, -0.15) is 16.4 Å². The van der Waals surface area contributed by atoms with Gasteiger partial charge in [0.25, 0.3) is 5.91 Å². The number of esters is 1. The van der Waals surface area contributed by atoms with Crippen LogP contribution in [0.4, 0.5) is 0 Å².